The third-order valence-electron chi connectivity index (χ3n) is 1.61. The van der Waals surface area contributed by atoms with Gasteiger partial charge in [0.1, 0.15) is 0 Å². The summed E-state index contributed by atoms with van der Waals surface area (Å²) in [5, 5.41) is 0. The Bertz CT molecular complexity index is 271. The van der Waals surface area contributed by atoms with Crippen LogP contribution in [-0.2, 0) is 6.18 Å². The van der Waals surface area contributed by atoms with E-state index in [0.29, 0.717) is 0 Å². The van der Waals surface area contributed by atoms with Gasteiger partial charge in [-0.25, -0.2) is 0 Å². The molecule has 0 radical (unpaired) electrons. The van der Waals surface area contributed by atoms with Crippen LogP contribution in [0.5, 0.6) is 0 Å². The maximum absolute atomic E-state index is 12.3. The van der Waals surface area contributed by atoms with Gasteiger partial charge in [0.05, 0.1) is 5.56 Å². The Morgan fingerprint density at radius 2 is 1.50 bits per heavy atom. The highest BCUT2D eigenvalue weighted by Crippen LogP contribution is 2.33. The van der Waals surface area contributed by atoms with Crippen molar-refractivity contribution in [1.82, 2.24) is 4.98 Å². The molecule has 1 aromatic rings. The molecule has 0 unspecified atom stereocenters. The van der Waals surface area contributed by atoms with Crippen LogP contribution >= 0.6 is 0 Å². The number of hydrogen-bond donors (Lipinski definition) is 0. The zero-order valence-electron chi connectivity index (χ0n) is 6.74. The van der Waals surface area contributed by atoms with Crippen molar-refractivity contribution >= 4 is 0 Å². The van der Waals surface area contributed by atoms with Crippen LogP contribution in [-0.4, -0.2) is 4.98 Å². The predicted molar refractivity (Wildman–Crippen MR) is 38.7 cm³/mol. The minimum atomic E-state index is -4.27. The standard InChI is InChI=1S/C8H8F3N/c1-5-3-12-4-6(2)7(5)8(9,10)11/h3-4H,1-2H3. The molecule has 1 heterocycles. The summed E-state index contributed by atoms with van der Waals surface area (Å²) < 4.78 is 36.8. The quantitative estimate of drug-likeness (QED) is 0.590. The Morgan fingerprint density at radius 3 is 1.75 bits per heavy atom. The van der Waals surface area contributed by atoms with E-state index in [0.717, 1.165) is 0 Å². The van der Waals surface area contributed by atoms with E-state index >= 15 is 0 Å². The van der Waals surface area contributed by atoms with Crippen LogP contribution in [0.1, 0.15) is 16.7 Å². The molecule has 0 amide bonds. The van der Waals surface area contributed by atoms with Gasteiger partial charge in [-0.1, -0.05) is 0 Å². The van der Waals surface area contributed by atoms with E-state index in [1.54, 1.807) is 0 Å². The monoisotopic (exact) mass is 175 g/mol. The van der Waals surface area contributed by atoms with Gasteiger partial charge in [-0.15, -0.1) is 0 Å². The van der Waals surface area contributed by atoms with Crippen LogP contribution in [0.3, 0.4) is 0 Å². The summed E-state index contributed by atoms with van der Waals surface area (Å²) in [6.45, 7) is 2.81. The van der Waals surface area contributed by atoms with E-state index in [1.807, 2.05) is 0 Å². The molecular weight excluding hydrogens is 167 g/mol. The molecular formula is C8H8F3N. The Hall–Kier alpha value is -1.06. The second-order valence-electron chi connectivity index (χ2n) is 2.65. The van der Waals surface area contributed by atoms with Crippen LogP contribution in [0.4, 0.5) is 13.2 Å². The van der Waals surface area contributed by atoms with E-state index in [-0.39, 0.29) is 11.1 Å². The van der Waals surface area contributed by atoms with Gasteiger partial charge in [-0.3, -0.25) is 4.98 Å². The number of halogens is 3. The van der Waals surface area contributed by atoms with Gasteiger partial charge in [-0.05, 0) is 25.0 Å². The van der Waals surface area contributed by atoms with Gasteiger partial charge >= 0.3 is 6.18 Å². The lowest BCUT2D eigenvalue weighted by atomic mass is 10.1. The highest BCUT2D eigenvalue weighted by molar-refractivity contribution is 5.32. The molecule has 0 saturated carbocycles. The summed E-state index contributed by atoms with van der Waals surface area (Å²) in [7, 11) is 0. The van der Waals surface area contributed by atoms with Gasteiger partial charge in [-0.2, -0.15) is 13.2 Å². The predicted octanol–water partition coefficient (Wildman–Crippen LogP) is 2.72. The lowest BCUT2D eigenvalue weighted by Gasteiger charge is -2.11. The molecule has 0 fully saturated rings. The van der Waals surface area contributed by atoms with E-state index < -0.39 is 11.7 Å². The Labute approximate surface area is 68.2 Å². The third kappa shape index (κ3) is 1.57. The minimum absolute atomic E-state index is 0.169. The summed E-state index contributed by atoms with van der Waals surface area (Å²) in [5.74, 6) is 0. The van der Waals surface area contributed by atoms with Crippen LogP contribution in [0.2, 0.25) is 0 Å². The summed E-state index contributed by atoms with van der Waals surface area (Å²) in [4.78, 5) is 3.66. The van der Waals surface area contributed by atoms with E-state index in [4.69, 9.17) is 0 Å². The molecule has 1 rings (SSSR count). The third-order valence-corrected chi connectivity index (χ3v) is 1.61. The second-order valence-corrected chi connectivity index (χ2v) is 2.65. The Balaban J connectivity index is 3.31. The number of pyridine rings is 1. The summed E-state index contributed by atoms with van der Waals surface area (Å²) in [5.41, 5.74) is -0.234. The number of aryl methyl sites for hydroxylation is 2. The smallest absolute Gasteiger partial charge is 0.264 e. The Morgan fingerprint density at radius 1 is 1.08 bits per heavy atom. The fourth-order valence-electron chi connectivity index (χ4n) is 1.15. The van der Waals surface area contributed by atoms with Crippen LogP contribution in [0.25, 0.3) is 0 Å². The molecule has 0 aromatic carbocycles. The molecule has 0 atom stereocenters. The molecule has 0 bridgehead atoms. The van der Waals surface area contributed by atoms with Gasteiger partial charge in [0.2, 0.25) is 0 Å². The van der Waals surface area contributed by atoms with Gasteiger partial charge in [0, 0.05) is 12.4 Å². The van der Waals surface area contributed by atoms with Crippen molar-refractivity contribution in [2.75, 3.05) is 0 Å². The Kier molecular flexibility index (Phi) is 2.08. The molecule has 0 aliphatic carbocycles. The number of nitrogens with zero attached hydrogens (tertiary/aromatic N) is 1. The van der Waals surface area contributed by atoms with Crippen LogP contribution in [0.15, 0.2) is 12.4 Å². The van der Waals surface area contributed by atoms with Crippen molar-refractivity contribution in [3.05, 3.63) is 29.1 Å². The zero-order chi connectivity index (χ0) is 9.35. The first-order valence-electron chi connectivity index (χ1n) is 3.41. The van der Waals surface area contributed by atoms with E-state index in [1.165, 1.54) is 26.2 Å². The first kappa shape index (κ1) is 9.03. The zero-order valence-corrected chi connectivity index (χ0v) is 6.74. The van der Waals surface area contributed by atoms with Crippen LogP contribution < -0.4 is 0 Å². The summed E-state index contributed by atoms with van der Waals surface area (Å²) in [6, 6.07) is 0. The lowest BCUT2D eigenvalue weighted by molar-refractivity contribution is -0.138. The lowest BCUT2D eigenvalue weighted by Crippen LogP contribution is -2.10. The average Bonchev–Trinajstić information content (AvgIpc) is 1.82. The first-order valence-corrected chi connectivity index (χ1v) is 3.41. The fourth-order valence-corrected chi connectivity index (χ4v) is 1.15. The largest absolute Gasteiger partial charge is 0.417 e. The maximum Gasteiger partial charge on any atom is 0.417 e. The maximum atomic E-state index is 12.3. The molecule has 0 spiro atoms. The molecule has 1 nitrogen and oxygen atoms in total. The minimum Gasteiger partial charge on any atom is -0.264 e. The summed E-state index contributed by atoms with van der Waals surface area (Å²) in [6.07, 6.45) is -1.83. The molecule has 0 aliphatic heterocycles. The summed E-state index contributed by atoms with van der Waals surface area (Å²) >= 11 is 0. The van der Waals surface area contributed by atoms with Crippen molar-refractivity contribution in [2.45, 2.75) is 20.0 Å². The van der Waals surface area contributed by atoms with Gasteiger partial charge < -0.3 is 0 Å². The number of aromatic nitrogens is 1. The fraction of sp³-hybridized carbons (Fsp3) is 0.375. The average molecular weight is 175 g/mol. The molecule has 4 heteroatoms. The second kappa shape index (κ2) is 2.77. The van der Waals surface area contributed by atoms with Crippen molar-refractivity contribution in [3.8, 4) is 0 Å². The molecule has 0 saturated heterocycles. The molecule has 0 aliphatic rings. The van der Waals surface area contributed by atoms with Crippen molar-refractivity contribution < 1.29 is 13.2 Å². The van der Waals surface area contributed by atoms with Gasteiger partial charge in [0.15, 0.2) is 0 Å². The number of rotatable bonds is 0. The molecule has 66 valence electrons. The van der Waals surface area contributed by atoms with Crippen LogP contribution in [0, 0.1) is 13.8 Å². The number of alkyl halides is 3. The van der Waals surface area contributed by atoms with E-state index in [9.17, 15) is 13.2 Å². The van der Waals surface area contributed by atoms with Gasteiger partial charge in [0.25, 0.3) is 0 Å². The van der Waals surface area contributed by atoms with Crippen molar-refractivity contribution in [3.63, 3.8) is 0 Å². The van der Waals surface area contributed by atoms with Crippen molar-refractivity contribution in [1.29, 1.82) is 0 Å². The number of hydrogen-bond acceptors (Lipinski definition) is 1. The molecule has 0 N–H and O–H groups in total. The SMILES string of the molecule is Cc1cncc(C)c1C(F)(F)F. The molecule has 1 aromatic heterocycles. The highest BCUT2D eigenvalue weighted by atomic mass is 19.4. The van der Waals surface area contributed by atoms with Crippen molar-refractivity contribution in [2.24, 2.45) is 0 Å². The normalized spacial score (nSPS) is 11.8. The first-order chi connectivity index (χ1) is 5.43. The topological polar surface area (TPSA) is 12.9 Å². The molecule has 12 heavy (non-hydrogen) atoms. The van der Waals surface area contributed by atoms with E-state index in [2.05, 4.69) is 4.98 Å². The highest BCUT2D eigenvalue weighted by Gasteiger charge is 2.33.